The third-order valence-corrected chi connectivity index (χ3v) is 3.47. The molecule has 1 saturated heterocycles. The van der Waals surface area contributed by atoms with Crippen molar-refractivity contribution in [2.45, 2.75) is 32.9 Å². The normalized spacial score (nSPS) is 18.2. The molecule has 0 saturated carbocycles. The average Bonchev–Trinajstić information content (AvgIpc) is 2.45. The molecule has 1 fully saturated rings. The van der Waals surface area contributed by atoms with E-state index in [4.69, 9.17) is 4.74 Å². The maximum atomic E-state index is 12.1. The zero-order valence-electron chi connectivity index (χ0n) is 12.7. The van der Waals surface area contributed by atoms with E-state index in [1.54, 1.807) is 0 Å². The summed E-state index contributed by atoms with van der Waals surface area (Å²) >= 11 is 0. The van der Waals surface area contributed by atoms with Gasteiger partial charge in [0.15, 0.2) is 0 Å². The maximum Gasteiger partial charge on any atom is 0.410 e. The van der Waals surface area contributed by atoms with Crippen LogP contribution in [-0.2, 0) is 11.3 Å². The second-order valence-corrected chi connectivity index (χ2v) is 5.77. The van der Waals surface area contributed by atoms with E-state index in [1.807, 2.05) is 35.2 Å². The molecule has 1 aromatic rings. The predicted molar refractivity (Wildman–Crippen MR) is 86.7 cm³/mol. The van der Waals surface area contributed by atoms with E-state index in [9.17, 15) is 4.79 Å². The van der Waals surface area contributed by atoms with Gasteiger partial charge in [0.1, 0.15) is 6.61 Å². The zero-order chi connectivity index (χ0) is 14.4. The van der Waals surface area contributed by atoms with Crippen molar-refractivity contribution < 1.29 is 9.53 Å². The van der Waals surface area contributed by atoms with Gasteiger partial charge in [-0.05, 0) is 17.9 Å². The van der Waals surface area contributed by atoms with Crippen LogP contribution in [0.3, 0.4) is 0 Å². The van der Waals surface area contributed by atoms with Crippen molar-refractivity contribution in [2.24, 2.45) is 5.92 Å². The molecule has 1 unspecified atom stereocenters. The van der Waals surface area contributed by atoms with Crippen LogP contribution in [0.5, 0.6) is 0 Å². The van der Waals surface area contributed by atoms with Gasteiger partial charge >= 0.3 is 6.09 Å². The highest BCUT2D eigenvalue weighted by atomic mass is 35.5. The summed E-state index contributed by atoms with van der Waals surface area (Å²) in [5.74, 6) is 0.632. The highest BCUT2D eigenvalue weighted by Crippen LogP contribution is 2.11. The van der Waals surface area contributed by atoms with Gasteiger partial charge in [0.2, 0.25) is 0 Å². The van der Waals surface area contributed by atoms with Crippen LogP contribution in [0, 0.1) is 5.92 Å². The Morgan fingerprint density at radius 2 is 2.10 bits per heavy atom. The fourth-order valence-electron chi connectivity index (χ4n) is 2.53. The molecule has 0 radical (unpaired) electrons. The summed E-state index contributed by atoms with van der Waals surface area (Å²) in [5.41, 5.74) is 1.02. The van der Waals surface area contributed by atoms with E-state index in [-0.39, 0.29) is 18.5 Å². The Hall–Kier alpha value is -1.26. The van der Waals surface area contributed by atoms with E-state index in [2.05, 4.69) is 19.2 Å². The van der Waals surface area contributed by atoms with Crippen molar-refractivity contribution in [1.82, 2.24) is 10.2 Å². The Morgan fingerprint density at radius 3 is 2.76 bits per heavy atom. The lowest BCUT2D eigenvalue weighted by atomic mass is 10.0. The number of amides is 1. The standard InChI is InChI=1S/C16H24N2O2.ClH/c1-13(2)10-15-11-18(9-8-17-15)16(19)20-12-14-6-4-3-5-7-14;/h3-7,13,15,17H,8-12H2,1-2H3;1H. The van der Waals surface area contributed by atoms with Crippen LogP contribution in [0.15, 0.2) is 30.3 Å². The first kappa shape index (κ1) is 17.8. The Kier molecular flexibility index (Phi) is 7.54. The fourth-order valence-corrected chi connectivity index (χ4v) is 2.53. The monoisotopic (exact) mass is 312 g/mol. The van der Waals surface area contributed by atoms with E-state index in [0.717, 1.165) is 31.6 Å². The van der Waals surface area contributed by atoms with Gasteiger partial charge in [-0.3, -0.25) is 0 Å². The number of ether oxygens (including phenoxy) is 1. The van der Waals surface area contributed by atoms with E-state index in [1.165, 1.54) is 0 Å². The number of nitrogens with one attached hydrogen (secondary N) is 1. The number of rotatable bonds is 4. The SMILES string of the molecule is CC(C)CC1CN(C(=O)OCc2ccccc2)CCN1.Cl. The lowest BCUT2D eigenvalue weighted by Gasteiger charge is -2.33. The van der Waals surface area contributed by atoms with E-state index >= 15 is 0 Å². The van der Waals surface area contributed by atoms with Crippen molar-refractivity contribution in [2.75, 3.05) is 19.6 Å². The molecule has 1 heterocycles. The summed E-state index contributed by atoms with van der Waals surface area (Å²) in [6.07, 6.45) is 0.881. The molecule has 0 bridgehead atoms. The molecule has 1 aliphatic heterocycles. The number of hydrogen-bond donors (Lipinski definition) is 1. The number of benzene rings is 1. The first-order chi connectivity index (χ1) is 9.65. The fraction of sp³-hybridized carbons (Fsp3) is 0.562. The molecular weight excluding hydrogens is 288 g/mol. The van der Waals surface area contributed by atoms with Crippen LogP contribution in [0.1, 0.15) is 25.8 Å². The van der Waals surface area contributed by atoms with Gasteiger partial charge in [-0.1, -0.05) is 44.2 Å². The van der Waals surface area contributed by atoms with E-state index in [0.29, 0.717) is 18.6 Å². The molecule has 5 heteroatoms. The van der Waals surface area contributed by atoms with E-state index < -0.39 is 0 Å². The van der Waals surface area contributed by atoms with Crippen LogP contribution in [0.2, 0.25) is 0 Å². The number of nitrogens with zero attached hydrogens (tertiary/aromatic N) is 1. The van der Waals surface area contributed by atoms with Crippen molar-refractivity contribution in [3.05, 3.63) is 35.9 Å². The Morgan fingerprint density at radius 1 is 1.38 bits per heavy atom. The van der Waals surface area contributed by atoms with Gasteiger partial charge in [0, 0.05) is 25.7 Å². The van der Waals surface area contributed by atoms with Gasteiger partial charge in [-0.2, -0.15) is 0 Å². The molecule has 0 aliphatic carbocycles. The summed E-state index contributed by atoms with van der Waals surface area (Å²) in [6, 6.07) is 10.2. The minimum Gasteiger partial charge on any atom is -0.445 e. The molecule has 1 aromatic carbocycles. The average molecular weight is 313 g/mol. The minimum atomic E-state index is -0.205. The van der Waals surface area contributed by atoms with Crippen LogP contribution in [-0.4, -0.2) is 36.7 Å². The number of carbonyl (C=O) groups is 1. The lowest BCUT2D eigenvalue weighted by Crippen LogP contribution is -2.53. The Labute approximate surface area is 133 Å². The topological polar surface area (TPSA) is 41.6 Å². The van der Waals surface area contributed by atoms with Crippen molar-refractivity contribution >= 4 is 18.5 Å². The molecule has 0 spiro atoms. The Balaban J connectivity index is 0.00000220. The molecule has 21 heavy (non-hydrogen) atoms. The molecule has 1 amide bonds. The second-order valence-electron chi connectivity index (χ2n) is 5.77. The summed E-state index contributed by atoms with van der Waals surface area (Å²) in [6.45, 7) is 7.06. The molecular formula is C16H25ClN2O2. The first-order valence-corrected chi connectivity index (χ1v) is 7.34. The summed E-state index contributed by atoms with van der Waals surface area (Å²) in [7, 11) is 0. The van der Waals surface area contributed by atoms with Gasteiger partial charge in [-0.15, -0.1) is 12.4 Å². The molecule has 118 valence electrons. The highest BCUT2D eigenvalue weighted by Gasteiger charge is 2.24. The number of hydrogen-bond acceptors (Lipinski definition) is 3. The summed E-state index contributed by atoms with van der Waals surface area (Å²) in [5, 5.41) is 3.46. The highest BCUT2D eigenvalue weighted by molar-refractivity contribution is 5.85. The number of carbonyl (C=O) groups excluding carboxylic acids is 1. The molecule has 1 N–H and O–H groups in total. The zero-order valence-corrected chi connectivity index (χ0v) is 13.6. The van der Waals surface area contributed by atoms with Gasteiger partial charge in [-0.25, -0.2) is 4.79 Å². The first-order valence-electron chi connectivity index (χ1n) is 7.34. The van der Waals surface area contributed by atoms with Crippen LogP contribution < -0.4 is 5.32 Å². The number of piperazine rings is 1. The molecule has 2 rings (SSSR count). The second kappa shape index (κ2) is 8.90. The number of halogens is 1. The lowest BCUT2D eigenvalue weighted by molar-refractivity contribution is 0.0831. The molecule has 1 atom stereocenters. The van der Waals surface area contributed by atoms with Crippen LogP contribution >= 0.6 is 12.4 Å². The van der Waals surface area contributed by atoms with Crippen molar-refractivity contribution in [1.29, 1.82) is 0 Å². The molecule has 1 aliphatic rings. The maximum absolute atomic E-state index is 12.1. The third kappa shape index (κ3) is 5.94. The Bertz CT molecular complexity index is 426. The summed E-state index contributed by atoms with van der Waals surface area (Å²) < 4.78 is 5.38. The largest absolute Gasteiger partial charge is 0.445 e. The summed E-state index contributed by atoms with van der Waals surface area (Å²) in [4.78, 5) is 13.9. The van der Waals surface area contributed by atoms with Crippen LogP contribution in [0.25, 0.3) is 0 Å². The molecule has 0 aromatic heterocycles. The molecule has 4 nitrogen and oxygen atoms in total. The minimum absolute atomic E-state index is 0. The third-order valence-electron chi connectivity index (χ3n) is 3.47. The van der Waals surface area contributed by atoms with Crippen LogP contribution in [0.4, 0.5) is 4.79 Å². The predicted octanol–water partition coefficient (Wildman–Crippen LogP) is 3.06. The smallest absolute Gasteiger partial charge is 0.410 e. The van der Waals surface area contributed by atoms with Gasteiger partial charge in [0.25, 0.3) is 0 Å². The van der Waals surface area contributed by atoms with Crippen molar-refractivity contribution in [3.8, 4) is 0 Å². The van der Waals surface area contributed by atoms with Gasteiger partial charge < -0.3 is 15.0 Å². The van der Waals surface area contributed by atoms with Crippen molar-refractivity contribution in [3.63, 3.8) is 0 Å². The van der Waals surface area contributed by atoms with Gasteiger partial charge in [0.05, 0.1) is 0 Å². The quantitative estimate of drug-likeness (QED) is 0.929.